The van der Waals surface area contributed by atoms with Gasteiger partial charge in [-0.3, -0.25) is 0 Å². The van der Waals surface area contributed by atoms with Crippen molar-refractivity contribution in [3.63, 3.8) is 0 Å². The van der Waals surface area contributed by atoms with Gasteiger partial charge in [0.2, 0.25) is 0 Å². The minimum Gasteiger partial charge on any atom is -1.00 e. The summed E-state index contributed by atoms with van der Waals surface area (Å²) < 4.78 is 0. The molecule has 1 nitrogen and oxygen atoms in total. The number of para-hydroxylation sites is 1. The van der Waals surface area contributed by atoms with Gasteiger partial charge in [-0.05, 0) is 12.1 Å². The van der Waals surface area contributed by atoms with E-state index in [9.17, 15) is 0 Å². The third-order valence-corrected chi connectivity index (χ3v) is 0.756. The third kappa shape index (κ3) is 6.68. The summed E-state index contributed by atoms with van der Waals surface area (Å²) in [4.78, 5) is 0. The quantitative estimate of drug-likeness (QED) is 0.394. The summed E-state index contributed by atoms with van der Waals surface area (Å²) in [5.74, 6) is 0.322. The van der Waals surface area contributed by atoms with Gasteiger partial charge in [-0.15, -0.1) is 0 Å². The summed E-state index contributed by atoms with van der Waals surface area (Å²) in [6.45, 7) is 0. The monoisotopic (exact) mass is 174 g/mol. The van der Waals surface area contributed by atoms with Crippen LogP contribution in [0.5, 0.6) is 5.75 Å². The first kappa shape index (κ1) is 13.9. The van der Waals surface area contributed by atoms with Gasteiger partial charge in [0, 0.05) is 0 Å². The smallest absolute Gasteiger partial charge is 1.00 e. The molecular weight excluding hydrogens is 166 g/mol. The van der Waals surface area contributed by atoms with Gasteiger partial charge in [-0.1, -0.05) is 18.2 Å². The molecule has 0 unspecified atom stereocenters. The number of benzene rings is 1. The summed E-state index contributed by atoms with van der Waals surface area (Å²) in [6.07, 6.45) is 0. The molecule has 3 heteroatoms. The molecule has 0 saturated heterocycles. The van der Waals surface area contributed by atoms with Gasteiger partial charge < -0.3 is 7.96 Å². The second-order valence-electron chi connectivity index (χ2n) is 1.34. The summed E-state index contributed by atoms with van der Waals surface area (Å²) in [6, 6.07) is 8.71. The molecule has 0 spiro atoms. The molecule has 9 heavy (non-hydrogen) atoms. The normalized spacial score (nSPS) is 6.67. The zero-order valence-electron chi connectivity index (χ0n) is 7.83. The number of phenolic OH excluding ortho intramolecular Hbond substituents is 1. The molecule has 0 aromatic heterocycles. The molecule has 0 heterocycles. The van der Waals surface area contributed by atoms with Crippen molar-refractivity contribution in [1.29, 1.82) is 0 Å². The van der Waals surface area contributed by atoms with E-state index in [0.717, 1.165) is 0 Å². The second-order valence-corrected chi connectivity index (χ2v) is 1.34. The molecule has 0 amide bonds. The van der Waals surface area contributed by atoms with Gasteiger partial charge in [0.05, 0.1) is 0 Å². The Morgan fingerprint density at radius 1 is 1.00 bits per heavy atom. The van der Waals surface area contributed by atoms with Crippen LogP contribution in [-0.4, -0.2) is 5.11 Å². The van der Waals surface area contributed by atoms with Crippen molar-refractivity contribution in [2.45, 2.75) is 0 Å². The molecule has 0 atom stereocenters. The molecule has 1 aromatic carbocycles. The molecule has 0 radical (unpaired) electrons. The molecule has 0 aliphatic heterocycles. The number of aromatic hydroxyl groups is 1. The molecular formula is C6H8K2O. The van der Waals surface area contributed by atoms with Gasteiger partial charge >= 0.3 is 103 Å². The first-order valence-corrected chi connectivity index (χ1v) is 2.13. The van der Waals surface area contributed by atoms with E-state index in [0.29, 0.717) is 5.75 Å². The summed E-state index contributed by atoms with van der Waals surface area (Å²) in [5, 5.41) is 8.63. The number of phenols is 1. The van der Waals surface area contributed by atoms with Gasteiger partial charge in [0.1, 0.15) is 5.75 Å². The molecule has 1 N–H and O–H groups in total. The van der Waals surface area contributed by atoms with E-state index in [-0.39, 0.29) is 106 Å². The van der Waals surface area contributed by atoms with Crippen LogP contribution < -0.4 is 103 Å². The van der Waals surface area contributed by atoms with Crippen LogP contribution in [0.25, 0.3) is 0 Å². The van der Waals surface area contributed by atoms with E-state index in [2.05, 4.69) is 0 Å². The zero-order valence-corrected chi connectivity index (χ0v) is 12.1. The molecule has 1 aromatic rings. The van der Waals surface area contributed by atoms with Crippen LogP contribution >= 0.6 is 0 Å². The van der Waals surface area contributed by atoms with Crippen molar-refractivity contribution < 1.29 is 111 Å². The first-order chi connectivity index (χ1) is 3.39. The van der Waals surface area contributed by atoms with Gasteiger partial charge in [-0.25, -0.2) is 0 Å². The summed E-state index contributed by atoms with van der Waals surface area (Å²) in [5.41, 5.74) is 0. The van der Waals surface area contributed by atoms with Crippen molar-refractivity contribution in [3.05, 3.63) is 30.3 Å². The average Bonchev–Trinajstić information content (AvgIpc) is 1.69. The van der Waals surface area contributed by atoms with Crippen molar-refractivity contribution in [2.24, 2.45) is 0 Å². The van der Waals surface area contributed by atoms with E-state index in [1.54, 1.807) is 24.3 Å². The van der Waals surface area contributed by atoms with Crippen molar-refractivity contribution in [1.82, 2.24) is 0 Å². The molecule has 1 rings (SSSR count). The molecule has 0 saturated carbocycles. The second kappa shape index (κ2) is 8.39. The van der Waals surface area contributed by atoms with Crippen molar-refractivity contribution in [3.8, 4) is 5.75 Å². The standard InChI is InChI=1S/C6H6O.2K.2H/c7-6-4-2-1-3-5-6;;;;/h1-5,7H;;;;/q;2*+1;2*-1. The molecule has 0 aliphatic rings. The van der Waals surface area contributed by atoms with Crippen LogP contribution in [0.3, 0.4) is 0 Å². The Kier molecular flexibility index (Phi) is 12.9. The van der Waals surface area contributed by atoms with Crippen LogP contribution in [0, 0.1) is 0 Å². The van der Waals surface area contributed by atoms with Crippen LogP contribution in [0.1, 0.15) is 2.85 Å². The first-order valence-electron chi connectivity index (χ1n) is 2.13. The van der Waals surface area contributed by atoms with Gasteiger partial charge in [0.15, 0.2) is 0 Å². The number of rotatable bonds is 0. The molecule has 0 bridgehead atoms. The maximum absolute atomic E-state index is 8.63. The van der Waals surface area contributed by atoms with Gasteiger partial charge in [0.25, 0.3) is 0 Å². The Balaban J connectivity index is -0.0000000612. The van der Waals surface area contributed by atoms with Crippen LogP contribution in [0.15, 0.2) is 30.3 Å². The number of hydrogen-bond acceptors (Lipinski definition) is 1. The Morgan fingerprint density at radius 2 is 1.44 bits per heavy atom. The zero-order chi connectivity index (χ0) is 5.11. The summed E-state index contributed by atoms with van der Waals surface area (Å²) >= 11 is 0. The SMILES string of the molecule is Oc1ccccc1.[H-].[H-].[K+].[K+]. The fraction of sp³-hybridized carbons (Fsp3) is 0. The van der Waals surface area contributed by atoms with E-state index in [1.807, 2.05) is 6.07 Å². The van der Waals surface area contributed by atoms with E-state index >= 15 is 0 Å². The molecule has 40 valence electrons. The number of hydrogen-bond donors (Lipinski definition) is 1. The fourth-order valence-corrected chi connectivity index (χ4v) is 0.428. The predicted octanol–water partition coefficient (Wildman–Crippen LogP) is -4.37. The molecule has 0 aliphatic carbocycles. The maximum atomic E-state index is 8.63. The Morgan fingerprint density at radius 3 is 1.67 bits per heavy atom. The maximum Gasteiger partial charge on any atom is 1.00 e. The third-order valence-electron chi connectivity index (χ3n) is 0.756. The topological polar surface area (TPSA) is 20.2 Å². The van der Waals surface area contributed by atoms with Crippen molar-refractivity contribution >= 4 is 0 Å². The summed E-state index contributed by atoms with van der Waals surface area (Å²) in [7, 11) is 0. The van der Waals surface area contributed by atoms with E-state index < -0.39 is 0 Å². The fourth-order valence-electron chi connectivity index (χ4n) is 0.428. The minimum absolute atomic E-state index is 0. The average molecular weight is 174 g/mol. The van der Waals surface area contributed by atoms with Crippen LogP contribution in [0.4, 0.5) is 0 Å². The predicted molar refractivity (Wildman–Crippen MR) is 30.3 cm³/mol. The van der Waals surface area contributed by atoms with E-state index in [4.69, 9.17) is 5.11 Å². The Bertz CT molecular complexity index is 149. The Labute approximate surface area is 143 Å². The van der Waals surface area contributed by atoms with Crippen molar-refractivity contribution in [2.75, 3.05) is 0 Å². The Hall–Kier alpha value is 2.29. The van der Waals surface area contributed by atoms with Crippen LogP contribution in [-0.2, 0) is 0 Å². The minimum atomic E-state index is 0. The largest absolute Gasteiger partial charge is 1.00 e. The molecule has 0 fully saturated rings. The van der Waals surface area contributed by atoms with Crippen LogP contribution in [0.2, 0.25) is 0 Å². The van der Waals surface area contributed by atoms with E-state index in [1.165, 1.54) is 0 Å². The van der Waals surface area contributed by atoms with Gasteiger partial charge in [-0.2, -0.15) is 0 Å².